The summed E-state index contributed by atoms with van der Waals surface area (Å²) in [5.74, 6) is -0.134. The first kappa shape index (κ1) is 16.4. The molecule has 1 aromatic rings. The Kier molecular flexibility index (Phi) is 5.73. The number of carbonyl (C=O) groups excluding carboxylic acids is 1. The second-order valence-electron chi connectivity index (χ2n) is 4.67. The SMILES string of the molecule is CCCCN1N=C(C)S/C1=C\C(=O)c1ccc(Cl)cc1Cl. The Balaban J connectivity index is 2.19. The largest absolute Gasteiger partial charge is 0.289 e. The molecule has 2 rings (SSSR count). The Hall–Kier alpha value is -0.970. The number of nitrogens with zero attached hydrogens (tertiary/aromatic N) is 2. The van der Waals surface area contributed by atoms with Gasteiger partial charge in [0, 0.05) is 23.2 Å². The van der Waals surface area contributed by atoms with E-state index in [1.54, 1.807) is 24.3 Å². The molecule has 0 spiro atoms. The fourth-order valence-electron chi connectivity index (χ4n) is 1.89. The first-order valence-corrected chi connectivity index (χ1v) is 8.30. The Morgan fingerprint density at radius 1 is 1.43 bits per heavy atom. The Labute approximate surface area is 139 Å². The number of hydrogen-bond acceptors (Lipinski definition) is 4. The third-order valence-corrected chi connectivity index (χ3v) is 4.41. The zero-order valence-corrected chi connectivity index (χ0v) is 14.2. The second-order valence-corrected chi connectivity index (χ2v) is 6.73. The zero-order chi connectivity index (χ0) is 15.4. The molecule has 0 saturated heterocycles. The zero-order valence-electron chi connectivity index (χ0n) is 11.9. The highest BCUT2D eigenvalue weighted by Crippen LogP contribution is 2.31. The minimum atomic E-state index is -0.134. The molecule has 1 aliphatic heterocycles. The monoisotopic (exact) mass is 342 g/mol. The van der Waals surface area contributed by atoms with Crippen molar-refractivity contribution in [3.63, 3.8) is 0 Å². The third kappa shape index (κ3) is 4.25. The molecule has 0 bridgehead atoms. The minimum Gasteiger partial charge on any atom is -0.289 e. The van der Waals surface area contributed by atoms with E-state index in [1.807, 2.05) is 11.9 Å². The van der Waals surface area contributed by atoms with Gasteiger partial charge in [-0.25, -0.2) is 0 Å². The van der Waals surface area contributed by atoms with E-state index in [0.29, 0.717) is 15.6 Å². The van der Waals surface area contributed by atoms with E-state index in [-0.39, 0.29) is 5.78 Å². The number of benzene rings is 1. The maximum Gasteiger partial charge on any atom is 0.190 e. The molecule has 0 unspecified atom stereocenters. The van der Waals surface area contributed by atoms with Crippen LogP contribution in [0.1, 0.15) is 37.0 Å². The summed E-state index contributed by atoms with van der Waals surface area (Å²) in [6.07, 6.45) is 3.71. The van der Waals surface area contributed by atoms with Crippen LogP contribution in [-0.4, -0.2) is 22.4 Å². The highest BCUT2D eigenvalue weighted by Gasteiger charge is 2.20. The summed E-state index contributed by atoms with van der Waals surface area (Å²) in [7, 11) is 0. The summed E-state index contributed by atoms with van der Waals surface area (Å²) < 4.78 is 0. The maximum atomic E-state index is 12.4. The fourth-order valence-corrected chi connectivity index (χ4v) is 3.24. The van der Waals surface area contributed by atoms with Crippen molar-refractivity contribution in [3.8, 4) is 0 Å². The van der Waals surface area contributed by atoms with Crippen molar-refractivity contribution in [3.05, 3.63) is 44.9 Å². The molecule has 1 aliphatic rings. The summed E-state index contributed by atoms with van der Waals surface area (Å²) in [5.41, 5.74) is 0.453. The van der Waals surface area contributed by atoms with Crippen molar-refractivity contribution in [1.29, 1.82) is 0 Å². The smallest absolute Gasteiger partial charge is 0.190 e. The normalized spacial score (nSPS) is 16.5. The summed E-state index contributed by atoms with van der Waals surface area (Å²) >= 11 is 13.4. The molecule has 3 nitrogen and oxygen atoms in total. The van der Waals surface area contributed by atoms with Crippen molar-refractivity contribution in [1.82, 2.24) is 5.01 Å². The van der Waals surface area contributed by atoms with Crippen LogP contribution in [0.2, 0.25) is 10.0 Å². The molecule has 0 fully saturated rings. The van der Waals surface area contributed by atoms with Crippen molar-refractivity contribution >= 4 is 45.8 Å². The first-order valence-electron chi connectivity index (χ1n) is 6.73. The van der Waals surface area contributed by atoms with Gasteiger partial charge in [-0.15, -0.1) is 0 Å². The molecule has 1 heterocycles. The van der Waals surface area contributed by atoms with Crippen LogP contribution in [0.3, 0.4) is 0 Å². The van der Waals surface area contributed by atoms with Crippen molar-refractivity contribution < 1.29 is 4.79 Å². The number of unbranched alkanes of at least 4 members (excludes halogenated alkanes) is 1. The topological polar surface area (TPSA) is 32.7 Å². The summed E-state index contributed by atoms with van der Waals surface area (Å²) in [4.78, 5) is 12.4. The van der Waals surface area contributed by atoms with Crippen LogP contribution in [0.4, 0.5) is 0 Å². The van der Waals surface area contributed by atoms with E-state index in [2.05, 4.69) is 12.0 Å². The molecule has 0 aliphatic carbocycles. The second kappa shape index (κ2) is 7.34. The number of thioether (sulfide) groups is 1. The predicted octanol–water partition coefficient (Wildman–Crippen LogP) is 5.20. The van der Waals surface area contributed by atoms with E-state index in [9.17, 15) is 4.79 Å². The maximum absolute atomic E-state index is 12.4. The molecule has 21 heavy (non-hydrogen) atoms. The van der Waals surface area contributed by atoms with Gasteiger partial charge in [-0.1, -0.05) is 48.3 Å². The lowest BCUT2D eigenvalue weighted by atomic mass is 10.1. The van der Waals surface area contributed by atoms with Gasteiger partial charge in [0.1, 0.15) is 5.03 Å². The Morgan fingerprint density at radius 3 is 2.86 bits per heavy atom. The number of carbonyl (C=O) groups is 1. The van der Waals surface area contributed by atoms with Gasteiger partial charge in [0.15, 0.2) is 5.78 Å². The van der Waals surface area contributed by atoms with E-state index >= 15 is 0 Å². The van der Waals surface area contributed by atoms with Gasteiger partial charge in [0.05, 0.1) is 10.1 Å². The molecule has 0 amide bonds. The summed E-state index contributed by atoms with van der Waals surface area (Å²) in [5, 5.41) is 8.97. The molecule has 0 aromatic heterocycles. The Bertz CT molecular complexity index is 614. The van der Waals surface area contributed by atoms with Crippen LogP contribution >= 0.6 is 35.0 Å². The highest BCUT2D eigenvalue weighted by molar-refractivity contribution is 8.17. The van der Waals surface area contributed by atoms with Crippen LogP contribution in [0.15, 0.2) is 34.4 Å². The minimum absolute atomic E-state index is 0.134. The van der Waals surface area contributed by atoms with Crippen LogP contribution in [0, 0.1) is 0 Å². The highest BCUT2D eigenvalue weighted by atomic mass is 35.5. The van der Waals surface area contributed by atoms with E-state index in [1.165, 1.54) is 11.8 Å². The number of hydrogen-bond donors (Lipinski definition) is 0. The van der Waals surface area contributed by atoms with E-state index in [4.69, 9.17) is 23.2 Å². The van der Waals surface area contributed by atoms with Gasteiger partial charge in [-0.3, -0.25) is 9.80 Å². The molecule has 112 valence electrons. The lowest BCUT2D eigenvalue weighted by molar-refractivity contribution is 0.104. The first-order chi connectivity index (χ1) is 10.0. The Morgan fingerprint density at radius 2 is 2.19 bits per heavy atom. The average Bonchev–Trinajstić information content (AvgIpc) is 2.76. The number of allylic oxidation sites excluding steroid dienone is 1. The number of hydrazone groups is 1. The summed E-state index contributed by atoms with van der Waals surface area (Å²) in [6.45, 7) is 4.88. The number of halogens is 2. The van der Waals surface area contributed by atoms with Crippen LogP contribution in [-0.2, 0) is 0 Å². The molecule has 0 N–H and O–H groups in total. The van der Waals surface area contributed by atoms with Crippen LogP contribution < -0.4 is 0 Å². The van der Waals surface area contributed by atoms with Gasteiger partial charge in [0.2, 0.25) is 0 Å². The van der Waals surface area contributed by atoms with E-state index < -0.39 is 0 Å². The average molecular weight is 343 g/mol. The van der Waals surface area contributed by atoms with Crippen molar-refractivity contribution in [2.24, 2.45) is 5.10 Å². The lowest BCUT2D eigenvalue weighted by Crippen LogP contribution is -2.14. The van der Waals surface area contributed by atoms with Gasteiger partial charge < -0.3 is 0 Å². The molecular weight excluding hydrogens is 327 g/mol. The van der Waals surface area contributed by atoms with Gasteiger partial charge >= 0.3 is 0 Å². The van der Waals surface area contributed by atoms with Gasteiger partial charge in [-0.05, 0) is 31.5 Å². The lowest BCUT2D eigenvalue weighted by Gasteiger charge is -2.14. The van der Waals surface area contributed by atoms with Gasteiger partial charge in [-0.2, -0.15) is 5.10 Å². The van der Waals surface area contributed by atoms with Crippen molar-refractivity contribution in [2.45, 2.75) is 26.7 Å². The molecule has 0 radical (unpaired) electrons. The van der Waals surface area contributed by atoms with E-state index in [0.717, 1.165) is 29.5 Å². The van der Waals surface area contributed by atoms with Crippen LogP contribution in [0.5, 0.6) is 0 Å². The quantitative estimate of drug-likeness (QED) is 0.544. The number of ketones is 1. The molecule has 1 aromatic carbocycles. The molecule has 6 heteroatoms. The summed E-state index contributed by atoms with van der Waals surface area (Å²) in [6, 6.07) is 4.89. The van der Waals surface area contributed by atoms with Crippen LogP contribution in [0.25, 0.3) is 0 Å². The number of rotatable bonds is 5. The molecule has 0 saturated carbocycles. The molecular formula is C15H16Cl2N2OS. The molecule has 0 atom stereocenters. The van der Waals surface area contributed by atoms with Gasteiger partial charge in [0.25, 0.3) is 0 Å². The fraction of sp³-hybridized carbons (Fsp3) is 0.333. The standard InChI is InChI=1S/C15H16Cl2N2OS/c1-3-4-7-19-15(21-10(2)18-19)9-14(20)12-6-5-11(16)8-13(12)17/h5-6,8-9H,3-4,7H2,1-2H3/b15-9-. The van der Waals surface area contributed by atoms with Crippen molar-refractivity contribution in [2.75, 3.05) is 6.54 Å². The third-order valence-electron chi connectivity index (χ3n) is 2.94. The predicted molar refractivity (Wildman–Crippen MR) is 91.2 cm³/mol.